The molecule has 0 aromatic carbocycles. The van der Waals surface area contributed by atoms with Crippen LogP contribution in [0.25, 0.3) is 0 Å². The van der Waals surface area contributed by atoms with Gasteiger partial charge in [0.15, 0.2) is 0 Å². The number of nitrogens with one attached hydrogen (secondary N) is 2. The van der Waals surface area contributed by atoms with E-state index in [1.165, 1.54) is 4.90 Å². The van der Waals surface area contributed by atoms with Crippen LogP contribution in [0.5, 0.6) is 0 Å². The average Bonchev–Trinajstić information content (AvgIpc) is 3.09. The van der Waals surface area contributed by atoms with Crippen molar-refractivity contribution in [2.24, 2.45) is 0 Å². The third-order valence-electron chi connectivity index (χ3n) is 4.82. The van der Waals surface area contributed by atoms with Gasteiger partial charge >= 0.3 is 16.4 Å². The quantitative estimate of drug-likeness (QED) is 0.488. The molecule has 4 rings (SSSR count). The van der Waals surface area contributed by atoms with E-state index < -0.39 is 28.5 Å². The molecule has 0 radical (unpaired) electrons. The smallest absolute Gasteiger partial charge is 0.418 e. The minimum atomic E-state index is -4.76. The van der Waals surface area contributed by atoms with Crippen molar-refractivity contribution >= 4 is 16.4 Å². The summed E-state index contributed by atoms with van der Waals surface area (Å²) in [7, 11) is -4.76. The summed E-state index contributed by atoms with van der Waals surface area (Å²) < 4.78 is 40.8. The third-order valence-corrected chi connectivity index (χ3v) is 5.17. The molecule has 4 heterocycles. The highest BCUT2D eigenvalue weighted by Gasteiger charge is 2.49. The van der Waals surface area contributed by atoms with Gasteiger partial charge in [0.1, 0.15) is 6.04 Å². The molecule has 2 bridgehead atoms. The summed E-state index contributed by atoms with van der Waals surface area (Å²) in [6.45, 7) is 2.90. The molecule has 3 N–H and O–H groups in total. The third kappa shape index (κ3) is 3.53. The second-order valence-corrected chi connectivity index (χ2v) is 7.61. The lowest BCUT2D eigenvalue weighted by Crippen LogP contribution is -2.55. The Bertz CT molecular complexity index is 780. The molecule has 12 nitrogen and oxygen atoms in total. The molecule has 3 aliphatic rings. The molecule has 1 aromatic rings. The fraction of sp³-hybridized carbons (Fsp3) is 0.769. The maximum atomic E-state index is 12.4. The molecular formula is C13H20N6O6S. The van der Waals surface area contributed by atoms with Crippen molar-refractivity contribution in [1.82, 2.24) is 30.8 Å². The molecule has 3 aliphatic heterocycles. The first-order chi connectivity index (χ1) is 12.4. The summed E-state index contributed by atoms with van der Waals surface area (Å²) in [4.78, 5) is 13.8. The number of fused-ring (bicyclic) bond motifs is 2. The minimum Gasteiger partial charge on any atom is -0.423 e. The zero-order chi connectivity index (χ0) is 18.3. The number of aromatic nitrogens is 2. The van der Waals surface area contributed by atoms with Crippen LogP contribution in [0.2, 0.25) is 0 Å². The molecule has 0 saturated carbocycles. The number of hydrogen-bond acceptors (Lipinski definition) is 9. The van der Waals surface area contributed by atoms with Crippen molar-refractivity contribution in [1.29, 1.82) is 0 Å². The lowest BCUT2D eigenvalue weighted by Gasteiger charge is -2.28. The second-order valence-electron chi connectivity index (χ2n) is 6.60. The van der Waals surface area contributed by atoms with Crippen molar-refractivity contribution in [2.75, 3.05) is 26.2 Å². The van der Waals surface area contributed by atoms with Gasteiger partial charge in [-0.25, -0.2) is 4.79 Å². The van der Waals surface area contributed by atoms with Gasteiger partial charge in [-0.15, -0.1) is 14.5 Å². The molecule has 26 heavy (non-hydrogen) atoms. The molecule has 1 aromatic heterocycles. The molecule has 13 heteroatoms. The number of urea groups is 1. The summed E-state index contributed by atoms with van der Waals surface area (Å²) in [5, 5.41) is 15.3. The molecule has 0 unspecified atom stereocenters. The van der Waals surface area contributed by atoms with E-state index in [1.54, 1.807) is 0 Å². The van der Waals surface area contributed by atoms with Crippen LogP contribution in [0.3, 0.4) is 0 Å². The number of rotatable bonds is 7. The highest BCUT2D eigenvalue weighted by Crippen LogP contribution is 2.38. The summed E-state index contributed by atoms with van der Waals surface area (Å²) in [5.74, 6) is 0.811. The maximum absolute atomic E-state index is 12.4. The predicted molar refractivity (Wildman–Crippen MR) is 85.0 cm³/mol. The van der Waals surface area contributed by atoms with Gasteiger partial charge in [0.05, 0.1) is 6.04 Å². The number of piperidine rings is 1. The van der Waals surface area contributed by atoms with Gasteiger partial charge in [-0.2, -0.15) is 13.5 Å². The van der Waals surface area contributed by atoms with E-state index >= 15 is 0 Å². The predicted octanol–water partition coefficient (Wildman–Crippen LogP) is -1.15. The fourth-order valence-electron chi connectivity index (χ4n) is 3.41. The Balaban J connectivity index is 1.38. The normalized spacial score (nSPS) is 26.4. The Morgan fingerprint density at radius 2 is 2.15 bits per heavy atom. The van der Waals surface area contributed by atoms with Gasteiger partial charge < -0.3 is 20.0 Å². The van der Waals surface area contributed by atoms with E-state index in [0.717, 1.165) is 19.6 Å². The highest BCUT2D eigenvalue weighted by atomic mass is 32.3. The molecular weight excluding hydrogens is 368 g/mol. The van der Waals surface area contributed by atoms with Crippen LogP contribution in [0.4, 0.5) is 4.79 Å². The van der Waals surface area contributed by atoms with E-state index in [1.807, 2.05) is 0 Å². The lowest BCUT2D eigenvalue weighted by molar-refractivity contribution is -0.0317. The lowest BCUT2D eigenvalue weighted by atomic mass is 10.0. The minimum absolute atomic E-state index is 0.271. The summed E-state index contributed by atoms with van der Waals surface area (Å²) in [6.07, 6.45) is 1.62. The average molecular weight is 388 g/mol. The Morgan fingerprint density at radius 1 is 1.35 bits per heavy atom. The number of carbonyl (C=O) groups is 1. The van der Waals surface area contributed by atoms with Crippen molar-refractivity contribution in [3.63, 3.8) is 0 Å². The molecule has 144 valence electrons. The Kier molecular flexibility index (Phi) is 4.56. The number of carbonyl (C=O) groups excluding carboxylic acids is 1. The van der Waals surface area contributed by atoms with Crippen molar-refractivity contribution < 1.29 is 26.5 Å². The number of nitrogens with zero attached hydrogens (tertiary/aromatic N) is 4. The van der Waals surface area contributed by atoms with E-state index in [0.29, 0.717) is 42.1 Å². The summed E-state index contributed by atoms with van der Waals surface area (Å²) in [5.41, 5.74) is 0. The van der Waals surface area contributed by atoms with Gasteiger partial charge in [0.2, 0.25) is 11.8 Å². The van der Waals surface area contributed by atoms with Crippen LogP contribution in [0, 0.1) is 0 Å². The van der Waals surface area contributed by atoms with E-state index in [-0.39, 0.29) is 6.54 Å². The molecule has 0 spiro atoms. The Hall–Kier alpha value is -1.80. The first kappa shape index (κ1) is 17.6. The molecule has 3 fully saturated rings. The van der Waals surface area contributed by atoms with Gasteiger partial charge in [-0.3, -0.25) is 4.55 Å². The highest BCUT2D eigenvalue weighted by molar-refractivity contribution is 7.80. The topological polar surface area (TPSA) is 150 Å². The summed E-state index contributed by atoms with van der Waals surface area (Å²) >= 11 is 0. The fourth-order valence-corrected chi connectivity index (χ4v) is 3.80. The largest absolute Gasteiger partial charge is 0.423 e. The van der Waals surface area contributed by atoms with E-state index in [9.17, 15) is 13.2 Å². The molecule has 2 amide bonds. The van der Waals surface area contributed by atoms with Crippen LogP contribution in [-0.2, 0) is 21.1 Å². The van der Waals surface area contributed by atoms with Crippen LogP contribution in [-0.4, -0.2) is 77.4 Å². The van der Waals surface area contributed by atoms with Crippen molar-refractivity contribution in [3.8, 4) is 0 Å². The zero-order valence-electron chi connectivity index (χ0n) is 13.9. The van der Waals surface area contributed by atoms with Crippen LogP contribution in [0.15, 0.2) is 4.42 Å². The van der Waals surface area contributed by atoms with Crippen molar-refractivity contribution in [3.05, 3.63) is 11.8 Å². The van der Waals surface area contributed by atoms with Crippen LogP contribution in [0.1, 0.15) is 30.7 Å². The number of amides is 2. The maximum Gasteiger partial charge on any atom is 0.418 e. The monoisotopic (exact) mass is 388 g/mol. The number of hydrogen-bond donors (Lipinski definition) is 3. The first-order valence-corrected chi connectivity index (χ1v) is 9.80. The Labute approximate surface area is 149 Å². The van der Waals surface area contributed by atoms with Gasteiger partial charge in [0, 0.05) is 38.6 Å². The van der Waals surface area contributed by atoms with Crippen LogP contribution < -0.4 is 10.6 Å². The second kappa shape index (κ2) is 6.74. The summed E-state index contributed by atoms with van der Waals surface area (Å²) in [6, 6.07) is -1.04. The zero-order valence-corrected chi connectivity index (χ0v) is 14.7. The van der Waals surface area contributed by atoms with Crippen molar-refractivity contribution in [2.45, 2.75) is 37.4 Å². The molecule has 0 aliphatic carbocycles. The van der Waals surface area contributed by atoms with E-state index in [4.69, 9.17) is 8.97 Å². The molecule has 3 saturated heterocycles. The standard InChI is InChI=1S/C13H20N6O6S/c20-13-18-7-9(19(13)25-26(21,22)23)1-2-10(18)12-17-16-11(24-12)3-4-15-8-5-14-6-8/h8-10,14-15H,1-7H2,(H,21,22,23)/t9-,10-/m0/s1. The van der Waals surface area contributed by atoms with Gasteiger partial charge in [-0.1, -0.05) is 0 Å². The van der Waals surface area contributed by atoms with E-state index in [2.05, 4.69) is 25.1 Å². The van der Waals surface area contributed by atoms with Crippen LogP contribution >= 0.6 is 0 Å². The van der Waals surface area contributed by atoms with Gasteiger partial charge in [0.25, 0.3) is 0 Å². The number of hydroxylamine groups is 2. The van der Waals surface area contributed by atoms with Gasteiger partial charge in [-0.05, 0) is 12.8 Å². The Morgan fingerprint density at radius 3 is 2.85 bits per heavy atom. The SMILES string of the molecule is O=C1N2C[C@H](CC[C@H]2c2nnc(CCNC3CNC3)o2)N1OS(=O)(=O)O. The molecule has 2 atom stereocenters. The first-order valence-electron chi connectivity index (χ1n) is 8.44.